The summed E-state index contributed by atoms with van der Waals surface area (Å²) in [6.07, 6.45) is 2.01. The van der Waals surface area contributed by atoms with Crippen molar-refractivity contribution in [1.82, 2.24) is 9.97 Å². The first-order valence-electron chi connectivity index (χ1n) is 4.98. The van der Waals surface area contributed by atoms with Crippen LogP contribution in [0.15, 0.2) is 34.7 Å². The average molecular weight is 246 g/mol. The molecule has 0 saturated heterocycles. The predicted molar refractivity (Wildman–Crippen MR) is 71.4 cm³/mol. The fourth-order valence-corrected chi connectivity index (χ4v) is 2.90. The number of aryl methyl sites for hydroxylation is 1. The lowest BCUT2D eigenvalue weighted by atomic mass is 10.2. The minimum atomic E-state index is 0.986. The van der Waals surface area contributed by atoms with Crippen LogP contribution in [0.5, 0.6) is 0 Å². The first-order chi connectivity index (χ1) is 7.75. The Bertz CT molecular complexity index is 632. The zero-order valence-corrected chi connectivity index (χ0v) is 10.4. The van der Waals surface area contributed by atoms with Crippen LogP contribution < -0.4 is 0 Å². The molecule has 0 atom stereocenters. The van der Waals surface area contributed by atoms with Crippen molar-refractivity contribution in [2.45, 2.75) is 11.1 Å². The minimum Gasteiger partial charge on any atom is -0.360 e. The number of rotatable bonds is 1. The van der Waals surface area contributed by atoms with E-state index in [1.165, 1.54) is 5.39 Å². The van der Waals surface area contributed by atoms with Crippen LogP contribution in [0.1, 0.15) is 5.69 Å². The Morgan fingerprint density at radius 2 is 2.12 bits per heavy atom. The molecule has 3 rings (SSSR count). The van der Waals surface area contributed by atoms with Crippen molar-refractivity contribution in [3.05, 3.63) is 36.2 Å². The van der Waals surface area contributed by atoms with Crippen molar-refractivity contribution in [3.63, 3.8) is 0 Å². The standard InChI is InChI=1S/C12H10N2S2/c1-7-12(15)16-11(14-7)9-6-13-10-5-3-2-4-8(9)10/h2-6,13,15H,1H3. The Morgan fingerprint density at radius 1 is 1.31 bits per heavy atom. The highest BCUT2D eigenvalue weighted by atomic mass is 32.2. The molecule has 2 nitrogen and oxygen atoms in total. The fourth-order valence-electron chi connectivity index (χ4n) is 1.75. The van der Waals surface area contributed by atoms with E-state index in [4.69, 9.17) is 0 Å². The molecule has 0 aliphatic rings. The van der Waals surface area contributed by atoms with Gasteiger partial charge in [0.2, 0.25) is 0 Å². The Balaban J connectivity index is 2.26. The molecule has 2 heterocycles. The monoisotopic (exact) mass is 246 g/mol. The van der Waals surface area contributed by atoms with Gasteiger partial charge in [0.1, 0.15) is 5.01 Å². The lowest BCUT2D eigenvalue weighted by molar-refractivity contribution is 1.22. The Morgan fingerprint density at radius 3 is 2.88 bits per heavy atom. The van der Waals surface area contributed by atoms with Gasteiger partial charge in [-0.25, -0.2) is 4.98 Å². The van der Waals surface area contributed by atoms with Crippen LogP contribution in [0.3, 0.4) is 0 Å². The summed E-state index contributed by atoms with van der Waals surface area (Å²) in [5.41, 5.74) is 3.30. The number of nitrogens with zero attached hydrogens (tertiary/aromatic N) is 1. The van der Waals surface area contributed by atoms with E-state index in [-0.39, 0.29) is 0 Å². The number of thiol groups is 1. The molecule has 0 amide bonds. The molecule has 1 aromatic carbocycles. The number of thiazole rings is 1. The van der Waals surface area contributed by atoms with Gasteiger partial charge in [0.15, 0.2) is 0 Å². The number of para-hydroxylation sites is 1. The number of aromatic nitrogens is 2. The summed E-state index contributed by atoms with van der Waals surface area (Å²) in [5.74, 6) is 0. The van der Waals surface area contributed by atoms with Gasteiger partial charge in [-0.05, 0) is 13.0 Å². The van der Waals surface area contributed by atoms with E-state index in [1.807, 2.05) is 25.3 Å². The lowest BCUT2D eigenvalue weighted by Gasteiger charge is -1.92. The number of hydrogen-bond acceptors (Lipinski definition) is 3. The van der Waals surface area contributed by atoms with Crippen molar-refractivity contribution in [2.24, 2.45) is 0 Å². The maximum atomic E-state index is 4.52. The molecule has 0 fully saturated rings. The van der Waals surface area contributed by atoms with Crippen LogP contribution in [0.4, 0.5) is 0 Å². The Labute approximate surface area is 103 Å². The highest BCUT2D eigenvalue weighted by molar-refractivity contribution is 7.83. The van der Waals surface area contributed by atoms with Gasteiger partial charge in [-0.3, -0.25) is 0 Å². The third-order valence-corrected chi connectivity index (χ3v) is 4.18. The summed E-state index contributed by atoms with van der Waals surface area (Å²) < 4.78 is 0.986. The minimum absolute atomic E-state index is 0.986. The summed E-state index contributed by atoms with van der Waals surface area (Å²) >= 11 is 6.01. The summed E-state index contributed by atoms with van der Waals surface area (Å²) in [6.45, 7) is 1.98. The van der Waals surface area contributed by atoms with Crippen molar-refractivity contribution < 1.29 is 0 Å². The fraction of sp³-hybridized carbons (Fsp3) is 0.0833. The van der Waals surface area contributed by atoms with Crippen LogP contribution in [0, 0.1) is 6.92 Å². The zero-order chi connectivity index (χ0) is 11.1. The SMILES string of the molecule is Cc1nc(-c2c[nH]c3ccccc23)sc1S. The maximum Gasteiger partial charge on any atom is 0.126 e. The van der Waals surface area contributed by atoms with E-state index in [9.17, 15) is 0 Å². The topological polar surface area (TPSA) is 28.7 Å². The molecule has 16 heavy (non-hydrogen) atoms. The first kappa shape index (κ1) is 9.93. The van der Waals surface area contributed by atoms with Gasteiger partial charge < -0.3 is 4.98 Å². The largest absolute Gasteiger partial charge is 0.360 e. The third-order valence-electron chi connectivity index (χ3n) is 2.59. The number of nitrogens with one attached hydrogen (secondary N) is 1. The molecule has 0 bridgehead atoms. The average Bonchev–Trinajstić information content (AvgIpc) is 2.83. The second-order valence-corrected chi connectivity index (χ2v) is 5.41. The van der Waals surface area contributed by atoms with Crippen LogP contribution in [-0.2, 0) is 0 Å². The van der Waals surface area contributed by atoms with E-state index in [2.05, 4.69) is 34.7 Å². The van der Waals surface area contributed by atoms with Crippen molar-refractivity contribution >= 4 is 34.9 Å². The van der Waals surface area contributed by atoms with Gasteiger partial charge in [-0.15, -0.1) is 24.0 Å². The van der Waals surface area contributed by atoms with Crippen molar-refractivity contribution in [3.8, 4) is 10.6 Å². The molecule has 0 aliphatic carbocycles. The molecular formula is C12H10N2S2. The summed E-state index contributed by atoms with van der Waals surface area (Å²) in [4.78, 5) is 7.78. The zero-order valence-electron chi connectivity index (χ0n) is 8.69. The van der Waals surface area contributed by atoms with Crippen molar-refractivity contribution in [2.75, 3.05) is 0 Å². The Kier molecular flexibility index (Phi) is 2.26. The maximum absolute atomic E-state index is 4.52. The second kappa shape index (κ2) is 3.64. The van der Waals surface area contributed by atoms with Gasteiger partial charge in [-0.2, -0.15) is 0 Å². The molecule has 80 valence electrons. The summed E-state index contributed by atoms with van der Waals surface area (Å²) in [7, 11) is 0. The van der Waals surface area contributed by atoms with Gasteiger partial charge in [0, 0.05) is 22.7 Å². The molecule has 4 heteroatoms. The van der Waals surface area contributed by atoms with Crippen LogP contribution in [0.2, 0.25) is 0 Å². The van der Waals surface area contributed by atoms with Gasteiger partial charge in [-0.1, -0.05) is 18.2 Å². The number of fused-ring (bicyclic) bond motifs is 1. The van der Waals surface area contributed by atoms with Crippen LogP contribution in [0.25, 0.3) is 21.5 Å². The van der Waals surface area contributed by atoms with Crippen LogP contribution in [-0.4, -0.2) is 9.97 Å². The number of H-pyrrole nitrogens is 1. The van der Waals surface area contributed by atoms with E-state index in [0.29, 0.717) is 0 Å². The first-order valence-corrected chi connectivity index (χ1v) is 6.25. The van der Waals surface area contributed by atoms with E-state index < -0.39 is 0 Å². The number of hydrogen-bond donors (Lipinski definition) is 2. The molecular weight excluding hydrogens is 236 g/mol. The summed E-state index contributed by atoms with van der Waals surface area (Å²) in [6, 6.07) is 8.25. The van der Waals surface area contributed by atoms with E-state index in [0.717, 1.165) is 26.0 Å². The second-order valence-electron chi connectivity index (χ2n) is 3.66. The Hall–Kier alpha value is -1.26. The molecule has 1 N–H and O–H groups in total. The number of aromatic amines is 1. The lowest BCUT2D eigenvalue weighted by Crippen LogP contribution is -1.74. The highest BCUT2D eigenvalue weighted by Crippen LogP contribution is 2.34. The van der Waals surface area contributed by atoms with Crippen LogP contribution >= 0.6 is 24.0 Å². The smallest absolute Gasteiger partial charge is 0.126 e. The highest BCUT2D eigenvalue weighted by Gasteiger charge is 2.10. The molecule has 0 unspecified atom stereocenters. The normalized spacial score (nSPS) is 11.1. The number of benzene rings is 1. The van der Waals surface area contributed by atoms with Gasteiger partial charge in [0.05, 0.1) is 9.90 Å². The molecule has 0 saturated carbocycles. The molecule has 0 aliphatic heterocycles. The third kappa shape index (κ3) is 1.45. The van der Waals surface area contributed by atoms with E-state index >= 15 is 0 Å². The van der Waals surface area contributed by atoms with Crippen molar-refractivity contribution in [1.29, 1.82) is 0 Å². The summed E-state index contributed by atoms with van der Waals surface area (Å²) in [5, 5.41) is 2.24. The van der Waals surface area contributed by atoms with E-state index in [1.54, 1.807) is 11.3 Å². The molecule has 3 aromatic rings. The van der Waals surface area contributed by atoms with Gasteiger partial charge >= 0.3 is 0 Å². The predicted octanol–water partition coefficient (Wildman–Crippen LogP) is 3.89. The quantitative estimate of drug-likeness (QED) is 0.627. The molecule has 0 radical (unpaired) electrons. The van der Waals surface area contributed by atoms with Gasteiger partial charge in [0.25, 0.3) is 0 Å². The molecule has 0 spiro atoms. The molecule has 2 aromatic heterocycles.